The van der Waals surface area contributed by atoms with Gasteiger partial charge in [0.15, 0.2) is 0 Å². The maximum Gasteiger partial charge on any atom is 0.243 e. The molecule has 0 spiro atoms. The molecule has 0 radical (unpaired) electrons. The lowest BCUT2D eigenvalue weighted by molar-refractivity contribution is -0.132. The lowest BCUT2D eigenvalue weighted by Gasteiger charge is -2.27. The Morgan fingerprint density at radius 2 is 1.72 bits per heavy atom. The number of benzene rings is 2. The fourth-order valence-electron chi connectivity index (χ4n) is 3.11. The summed E-state index contributed by atoms with van der Waals surface area (Å²) < 4.78 is 32.7. The minimum absolute atomic E-state index is 0.0609. The number of thiophene rings is 1. The molecule has 0 atom stereocenters. The minimum Gasteiger partial charge on any atom is -0.383 e. The van der Waals surface area contributed by atoms with Crippen molar-refractivity contribution in [3.63, 3.8) is 0 Å². The summed E-state index contributed by atoms with van der Waals surface area (Å²) in [6.07, 6.45) is 0. The van der Waals surface area contributed by atoms with Crippen LogP contribution in [0.4, 0.5) is 0 Å². The van der Waals surface area contributed by atoms with E-state index in [4.69, 9.17) is 16.3 Å². The van der Waals surface area contributed by atoms with Crippen molar-refractivity contribution >= 4 is 38.9 Å². The fourth-order valence-corrected chi connectivity index (χ4v) is 5.33. The van der Waals surface area contributed by atoms with Crippen molar-refractivity contribution in [3.8, 4) is 0 Å². The summed E-state index contributed by atoms with van der Waals surface area (Å²) in [6.45, 7) is 0.739. The summed E-state index contributed by atoms with van der Waals surface area (Å²) in [7, 11) is -2.41. The Hall–Kier alpha value is -2.23. The molecule has 32 heavy (non-hydrogen) atoms. The molecule has 0 saturated heterocycles. The SMILES string of the molecule is COCCN(CC(=O)N(Cc1ccccc1)Cc1cccs1)S(=O)(=O)c1ccc(Cl)cc1. The third-order valence-corrected chi connectivity index (χ3v) is 7.78. The zero-order valence-corrected chi connectivity index (χ0v) is 20.1. The summed E-state index contributed by atoms with van der Waals surface area (Å²) in [5.74, 6) is -0.282. The van der Waals surface area contributed by atoms with Crippen LogP contribution in [0, 0.1) is 0 Å². The smallest absolute Gasteiger partial charge is 0.243 e. The molecule has 2 aromatic carbocycles. The maximum absolute atomic E-state index is 13.3. The second-order valence-corrected chi connectivity index (χ2v) is 10.5. The van der Waals surface area contributed by atoms with Crippen LogP contribution in [0.2, 0.25) is 5.02 Å². The molecule has 0 fully saturated rings. The Kier molecular flexibility index (Phi) is 8.84. The first-order valence-corrected chi connectivity index (χ1v) is 12.7. The van der Waals surface area contributed by atoms with Crippen LogP contribution >= 0.6 is 22.9 Å². The van der Waals surface area contributed by atoms with Gasteiger partial charge in [0.2, 0.25) is 15.9 Å². The average molecular weight is 493 g/mol. The van der Waals surface area contributed by atoms with Crippen molar-refractivity contribution in [2.24, 2.45) is 0 Å². The highest BCUT2D eigenvalue weighted by Crippen LogP contribution is 2.20. The highest BCUT2D eigenvalue weighted by atomic mass is 35.5. The minimum atomic E-state index is -3.90. The van der Waals surface area contributed by atoms with E-state index in [1.807, 2.05) is 47.8 Å². The molecule has 0 unspecified atom stereocenters. The monoisotopic (exact) mass is 492 g/mol. The van der Waals surface area contributed by atoms with Gasteiger partial charge in [0.1, 0.15) is 0 Å². The van der Waals surface area contributed by atoms with Crippen LogP contribution in [0.3, 0.4) is 0 Å². The summed E-state index contributed by atoms with van der Waals surface area (Å²) in [5, 5.41) is 2.39. The number of rotatable bonds is 11. The predicted octanol–water partition coefficient (Wildman–Crippen LogP) is 4.27. The molecule has 3 aromatic rings. The molecule has 1 aromatic heterocycles. The molecule has 3 rings (SSSR count). The van der Waals surface area contributed by atoms with Crippen molar-refractivity contribution < 1.29 is 17.9 Å². The molecule has 1 amide bonds. The summed E-state index contributed by atoms with van der Waals surface area (Å²) in [5.41, 5.74) is 0.974. The van der Waals surface area contributed by atoms with Gasteiger partial charge in [-0.2, -0.15) is 4.31 Å². The van der Waals surface area contributed by atoms with E-state index in [1.54, 1.807) is 16.2 Å². The maximum atomic E-state index is 13.3. The third-order valence-electron chi connectivity index (χ3n) is 4.80. The van der Waals surface area contributed by atoms with Crippen LogP contribution in [0.1, 0.15) is 10.4 Å². The van der Waals surface area contributed by atoms with E-state index >= 15 is 0 Å². The van der Waals surface area contributed by atoms with Crippen LogP contribution in [-0.4, -0.2) is 50.3 Å². The molecule has 0 saturated carbocycles. The molecule has 1 heterocycles. The van der Waals surface area contributed by atoms with Crippen LogP contribution in [0.25, 0.3) is 0 Å². The number of methoxy groups -OCH3 is 1. The first-order valence-electron chi connectivity index (χ1n) is 9.99. The van der Waals surface area contributed by atoms with Gasteiger partial charge in [-0.1, -0.05) is 48.0 Å². The largest absolute Gasteiger partial charge is 0.383 e. The predicted molar refractivity (Wildman–Crippen MR) is 127 cm³/mol. The average Bonchev–Trinajstić information content (AvgIpc) is 3.30. The quantitative estimate of drug-likeness (QED) is 0.401. The van der Waals surface area contributed by atoms with E-state index in [9.17, 15) is 13.2 Å². The molecule has 0 aliphatic carbocycles. The first kappa shape index (κ1) is 24.4. The Morgan fingerprint density at radius 1 is 1.00 bits per heavy atom. The number of ether oxygens (including phenoxy) is 1. The number of amides is 1. The van der Waals surface area contributed by atoms with Crippen molar-refractivity contribution in [2.45, 2.75) is 18.0 Å². The number of nitrogens with zero attached hydrogens (tertiary/aromatic N) is 2. The van der Waals surface area contributed by atoms with Crippen LogP contribution in [0.15, 0.2) is 77.0 Å². The molecule has 0 bridgehead atoms. The lowest BCUT2D eigenvalue weighted by atomic mass is 10.2. The summed E-state index contributed by atoms with van der Waals surface area (Å²) >= 11 is 7.46. The lowest BCUT2D eigenvalue weighted by Crippen LogP contribution is -2.43. The number of sulfonamides is 1. The van der Waals surface area contributed by atoms with Crippen molar-refractivity contribution in [1.29, 1.82) is 0 Å². The number of hydrogen-bond acceptors (Lipinski definition) is 5. The van der Waals surface area contributed by atoms with Crippen molar-refractivity contribution in [2.75, 3.05) is 26.8 Å². The summed E-state index contributed by atoms with van der Waals surface area (Å²) in [6, 6.07) is 19.4. The molecular weight excluding hydrogens is 468 g/mol. The third kappa shape index (κ3) is 6.63. The molecular formula is C23H25ClN2O4S2. The standard InChI is InChI=1S/C23H25ClN2O4S2/c1-30-14-13-26(32(28,29)22-11-9-20(24)10-12-22)18-23(27)25(17-21-8-5-15-31-21)16-19-6-3-2-4-7-19/h2-12,15H,13-14,16-18H2,1H3. The van der Waals surface area contributed by atoms with Crippen LogP contribution < -0.4 is 0 Å². The van der Waals surface area contributed by atoms with E-state index in [0.29, 0.717) is 18.1 Å². The second kappa shape index (κ2) is 11.6. The zero-order valence-electron chi connectivity index (χ0n) is 17.7. The Balaban J connectivity index is 1.84. The highest BCUT2D eigenvalue weighted by molar-refractivity contribution is 7.89. The van der Waals surface area contributed by atoms with Crippen molar-refractivity contribution in [1.82, 2.24) is 9.21 Å². The fraction of sp³-hybridized carbons (Fsp3) is 0.261. The Morgan fingerprint density at radius 3 is 2.34 bits per heavy atom. The van der Waals surface area contributed by atoms with Gasteiger partial charge in [-0.15, -0.1) is 11.3 Å². The van der Waals surface area contributed by atoms with E-state index < -0.39 is 10.0 Å². The van der Waals surface area contributed by atoms with Crippen LogP contribution in [0.5, 0.6) is 0 Å². The van der Waals surface area contributed by atoms with Gasteiger partial charge in [0.05, 0.1) is 24.6 Å². The van der Waals surface area contributed by atoms with Crippen LogP contribution in [-0.2, 0) is 32.6 Å². The van der Waals surface area contributed by atoms with Crippen molar-refractivity contribution in [3.05, 3.63) is 87.6 Å². The second-order valence-electron chi connectivity index (χ2n) is 7.10. The molecule has 6 nitrogen and oxygen atoms in total. The van der Waals surface area contributed by atoms with Gasteiger partial charge in [-0.25, -0.2) is 8.42 Å². The van der Waals surface area contributed by atoms with Gasteiger partial charge in [-0.3, -0.25) is 4.79 Å². The van der Waals surface area contributed by atoms with E-state index in [0.717, 1.165) is 14.7 Å². The number of hydrogen-bond donors (Lipinski definition) is 0. The van der Waals surface area contributed by atoms with E-state index in [-0.39, 0.29) is 30.5 Å². The topological polar surface area (TPSA) is 66.9 Å². The molecule has 0 N–H and O–H groups in total. The Bertz CT molecular complexity index is 1090. The van der Waals surface area contributed by atoms with Gasteiger partial charge in [0.25, 0.3) is 0 Å². The molecule has 0 aliphatic rings. The van der Waals surface area contributed by atoms with Gasteiger partial charge in [0, 0.05) is 30.1 Å². The molecule has 170 valence electrons. The van der Waals surface area contributed by atoms with Gasteiger partial charge >= 0.3 is 0 Å². The number of carbonyl (C=O) groups is 1. The molecule has 0 aliphatic heterocycles. The first-order chi connectivity index (χ1) is 15.4. The Labute approximate surface area is 198 Å². The number of carbonyl (C=O) groups excluding carboxylic acids is 1. The summed E-state index contributed by atoms with van der Waals surface area (Å²) in [4.78, 5) is 16.1. The van der Waals surface area contributed by atoms with E-state index in [2.05, 4.69) is 0 Å². The van der Waals surface area contributed by atoms with Gasteiger partial charge < -0.3 is 9.64 Å². The number of halogens is 1. The highest BCUT2D eigenvalue weighted by Gasteiger charge is 2.28. The van der Waals surface area contributed by atoms with Gasteiger partial charge in [-0.05, 0) is 41.3 Å². The normalized spacial score (nSPS) is 11.6. The zero-order chi connectivity index (χ0) is 23.0. The molecule has 9 heteroatoms. The van der Waals surface area contributed by atoms with E-state index in [1.165, 1.54) is 31.4 Å².